The minimum absolute atomic E-state index is 0.208. The maximum Gasteiger partial charge on any atom is 0.266 e. The predicted molar refractivity (Wildman–Crippen MR) is 143 cm³/mol. The van der Waals surface area contributed by atoms with Crippen molar-refractivity contribution in [3.8, 4) is 16.8 Å². The lowest BCUT2D eigenvalue weighted by Gasteiger charge is -2.13. The second kappa shape index (κ2) is 9.71. The lowest BCUT2D eigenvalue weighted by Crippen LogP contribution is -2.22. The Balaban J connectivity index is 1.55. The first-order valence-electron chi connectivity index (χ1n) is 10.9. The van der Waals surface area contributed by atoms with E-state index in [4.69, 9.17) is 23.2 Å². The fourth-order valence-corrected chi connectivity index (χ4v) is 4.35. The van der Waals surface area contributed by atoms with E-state index in [1.54, 1.807) is 54.6 Å². The van der Waals surface area contributed by atoms with Gasteiger partial charge in [0.25, 0.3) is 5.56 Å². The number of ketones is 1. The van der Waals surface area contributed by atoms with E-state index in [1.165, 1.54) is 16.7 Å². The first kappa shape index (κ1) is 22.8. The largest absolute Gasteiger partial charge is 0.289 e. The summed E-state index contributed by atoms with van der Waals surface area (Å²) < 4.78 is 1.39. The second-order valence-corrected chi connectivity index (χ2v) is 8.71. The molecule has 5 rings (SSSR count). The molecule has 170 valence electrons. The van der Waals surface area contributed by atoms with Gasteiger partial charge in [-0.2, -0.15) is 0 Å². The average molecular weight is 497 g/mol. The van der Waals surface area contributed by atoms with Crippen molar-refractivity contribution in [1.29, 1.82) is 0 Å². The monoisotopic (exact) mass is 496 g/mol. The number of benzene rings is 4. The van der Waals surface area contributed by atoms with Crippen LogP contribution in [0.15, 0.2) is 108 Å². The number of aromatic nitrogens is 2. The van der Waals surface area contributed by atoms with Crippen molar-refractivity contribution in [2.24, 2.45) is 0 Å². The Kier molecular flexibility index (Phi) is 6.32. The van der Waals surface area contributed by atoms with Gasteiger partial charge >= 0.3 is 0 Å². The van der Waals surface area contributed by atoms with E-state index in [1.807, 2.05) is 42.5 Å². The summed E-state index contributed by atoms with van der Waals surface area (Å²) in [6.07, 6.45) is 2.95. The third-order valence-corrected chi connectivity index (χ3v) is 6.15. The molecule has 0 saturated heterocycles. The standard InChI is InChI=1S/C29H18Cl2N2O2/c30-22-14-15-26(24(31)18-22)33-28(32-25-9-5-4-8-23(25)29(33)35)17-16-27(34)21-12-10-20(11-13-21)19-6-2-1-3-7-19/h1-18H/b17-16+. The molecule has 4 nitrogen and oxygen atoms in total. The van der Waals surface area contributed by atoms with Gasteiger partial charge in [0.1, 0.15) is 5.82 Å². The van der Waals surface area contributed by atoms with Crippen LogP contribution >= 0.6 is 23.2 Å². The van der Waals surface area contributed by atoms with Crippen LogP contribution in [0.3, 0.4) is 0 Å². The van der Waals surface area contributed by atoms with Crippen LogP contribution in [0.4, 0.5) is 0 Å². The normalized spacial score (nSPS) is 11.3. The molecule has 6 heteroatoms. The fraction of sp³-hybridized carbons (Fsp3) is 0. The molecule has 0 atom stereocenters. The number of nitrogens with zero attached hydrogens (tertiary/aromatic N) is 2. The van der Waals surface area contributed by atoms with Gasteiger partial charge in [0.05, 0.1) is 21.6 Å². The number of para-hydroxylation sites is 1. The molecule has 0 saturated carbocycles. The molecule has 0 aliphatic heterocycles. The number of carbonyl (C=O) groups is 1. The van der Waals surface area contributed by atoms with Gasteiger partial charge in [0, 0.05) is 10.6 Å². The summed E-state index contributed by atoms with van der Waals surface area (Å²) in [4.78, 5) is 30.9. The van der Waals surface area contributed by atoms with Crippen LogP contribution < -0.4 is 5.56 Å². The van der Waals surface area contributed by atoms with E-state index in [-0.39, 0.29) is 17.2 Å². The average Bonchev–Trinajstić information content (AvgIpc) is 2.89. The third kappa shape index (κ3) is 4.67. The van der Waals surface area contributed by atoms with Crippen molar-refractivity contribution in [2.75, 3.05) is 0 Å². The van der Waals surface area contributed by atoms with Gasteiger partial charge in [-0.1, -0.05) is 89.9 Å². The molecule has 0 bridgehead atoms. The maximum atomic E-state index is 13.4. The number of halogens is 2. The van der Waals surface area contributed by atoms with E-state index in [9.17, 15) is 9.59 Å². The summed E-state index contributed by atoms with van der Waals surface area (Å²) in [6.45, 7) is 0. The quantitative estimate of drug-likeness (QED) is 0.190. The van der Waals surface area contributed by atoms with Crippen molar-refractivity contribution in [2.45, 2.75) is 0 Å². The molecule has 0 amide bonds. The van der Waals surface area contributed by atoms with Gasteiger partial charge in [-0.15, -0.1) is 0 Å². The number of rotatable bonds is 5. The number of carbonyl (C=O) groups excluding carboxylic acids is 1. The lowest BCUT2D eigenvalue weighted by molar-refractivity contribution is 0.104. The summed E-state index contributed by atoms with van der Waals surface area (Å²) in [7, 11) is 0. The zero-order chi connectivity index (χ0) is 24.4. The molecule has 0 spiro atoms. The summed E-state index contributed by atoms with van der Waals surface area (Å²) in [6, 6.07) is 29.2. The Morgan fingerprint density at radius 1 is 0.800 bits per heavy atom. The maximum absolute atomic E-state index is 13.4. The molecule has 1 heterocycles. The minimum Gasteiger partial charge on any atom is -0.289 e. The molecule has 5 aromatic rings. The van der Waals surface area contributed by atoms with E-state index < -0.39 is 0 Å². The molecule has 0 unspecified atom stereocenters. The van der Waals surface area contributed by atoms with Gasteiger partial charge in [-0.25, -0.2) is 4.98 Å². The molecule has 4 aromatic carbocycles. The molecule has 35 heavy (non-hydrogen) atoms. The van der Waals surface area contributed by atoms with Crippen LogP contribution in [0.2, 0.25) is 10.0 Å². The SMILES string of the molecule is O=C(/C=C/c1nc2ccccc2c(=O)n1-c1ccc(Cl)cc1Cl)c1ccc(-c2ccccc2)cc1. The highest BCUT2D eigenvalue weighted by molar-refractivity contribution is 6.35. The number of allylic oxidation sites excluding steroid dienone is 1. The topological polar surface area (TPSA) is 52.0 Å². The third-order valence-electron chi connectivity index (χ3n) is 5.61. The molecule has 0 N–H and O–H groups in total. The van der Waals surface area contributed by atoms with E-state index in [0.717, 1.165) is 11.1 Å². The number of hydrogen-bond acceptors (Lipinski definition) is 3. The highest BCUT2D eigenvalue weighted by Gasteiger charge is 2.14. The zero-order valence-corrected chi connectivity index (χ0v) is 19.9. The fourth-order valence-electron chi connectivity index (χ4n) is 3.86. The van der Waals surface area contributed by atoms with Crippen molar-refractivity contribution < 1.29 is 4.79 Å². The molecule has 0 aliphatic rings. The van der Waals surface area contributed by atoms with Gasteiger partial charge in [0.15, 0.2) is 5.78 Å². The molecule has 0 radical (unpaired) electrons. The molecule has 0 fully saturated rings. The van der Waals surface area contributed by atoms with Gasteiger partial charge in [0.2, 0.25) is 0 Å². The zero-order valence-electron chi connectivity index (χ0n) is 18.4. The number of hydrogen-bond donors (Lipinski definition) is 0. The number of fused-ring (bicyclic) bond motifs is 1. The molecular formula is C29H18Cl2N2O2. The van der Waals surface area contributed by atoms with Crippen LogP contribution in [0.5, 0.6) is 0 Å². The van der Waals surface area contributed by atoms with Crippen molar-refractivity contribution in [3.63, 3.8) is 0 Å². The van der Waals surface area contributed by atoms with Gasteiger partial charge in [-0.05, 0) is 53.6 Å². The second-order valence-electron chi connectivity index (χ2n) is 7.86. The summed E-state index contributed by atoms with van der Waals surface area (Å²) >= 11 is 12.5. The van der Waals surface area contributed by atoms with Crippen molar-refractivity contribution in [1.82, 2.24) is 9.55 Å². The van der Waals surface area contributed by atoms with E-state index in [0.29, 0.717) is 32.2 Å². The first-order valence-corrected chi connectivity index (χ1v) is 11.6. The Hall–Kier alpha value is -3.99. The van der Waals surface area contributed by atoms with E-state index >= 15 is 0 Å². The highest BCUT2D eigenvalue weighted by atomic mass is 35.5. The van der Waals surface area contributed by atoms with Gasteiger partial charge < -0.3 is 0 Å². The van der Waals surface area contributed by atoms with Crippen LogP contribution in [-0.4, -0.2) is 15.3 Å². The Morgan fingerprint density at radius 3 is 2.23 bits per heavy atom. The molecule has 1 aromatic heterocycles. The minimum atomic E-state index is -0.292. The van der Waals surface area contributed by atoms with E-state index in [2.05, 4.69) is 4.98 Å². The first-order chi connectivity index (χ1) is 17.0. The Labute approximate surface area is 211 Å². The Morgan fingerprint density at radius 2 is 1.49 bits per heavy atom. The summed E-state index contributed by atoms with van der Waals surface area (Å²) in [5, 5.41) is 1.19. The van der Waals surface area contributed by atoms with Crippen LogP contribution in [-0.2, 0) is 0 Å². The highest BCUT2D eigenvalue weighted by Crippen LogP contribution is 2.25. The van der Waals surface area contributed by atoms with Crippen molar-refractivity contribution >= 4 is 46.0 Å². The molecule has 0 aliphatic carbocycles. The predicted octanol–water partition coefficient (Wildman–Crippen LogP) is 7.26. The summed E-state index contributed by atoms with van der Waals surface area (Å²) in [5.74, 6) is 0.0768. The smallest absolute Gasteiger partial charge is 0.266 e. The van der Waals surface area contributed by atoms with Crippen LogP contribution in [0.25, 0.3) is 33.8 Å². The van der Waals surface area contributed by atoms with Crippen LogP contribution in [0, 0.1) is 0 Å². The summed E-state index contributed by atoms with van der Waals surface area (Å²) in [5.41, 5.74) is 3.29. The van der Waals surface area contributed by atoms with Gasteiger partial charge in [-0.3, -0.25) is 14.2 Å². The van der Waals surface area contributed by atoms with Crippen LogP contribution in [0.1, 0.15) is 16.2 Å². The lowest BCUT2D eigenvalue weighted by atomic mass is 10.0. The molecular weight excluding hydrogens is 479 g/mol. The van der Waals surface area contributed by atoms with Crippen molar-refractivity contribution in [3.05, 3.63) is 135 Å². The Bertz CT molecular complexity index is 1640.